The van der Waals surface area contributed by atoms with E-state index in [4.69, 9.17) is 0 Å². The molecule has 0 saturated carbocycles. The van der Waals surface area contributed by atoms with Gasteiger partial charge in [0, 0.05) is 24.7 Å². The molecule has 0 aliphatic rings. The Kier molecular flexibility index (Phi) is 14.7. The minimum atomic E-state index is -4.26. The van der Waals surface area contributed by atoms with Crippen molar-refractivity contribution in [3.63, 3.8) is 0 Å². The molecule has 0 bridgehead atoms. The molecule has 0 N–H and O–H groups in total. The largest absolute Gasteiger partial charge is 2.00 e. The Morgan fingerprint density at radius 2 is 1.10 bits per heavy atom. The van der Waals surface area contributed by atoms with Crippen LogP contribution in [0.2, 0.25) is 0 Å². The Morgan fingerprint density at radius 1 is 0.596 bits per heavy atom. The zero-order valence-electron chi connectivity index (χ0n) is 27.6. The van der Waals surface area contributed by atoms with Crippen molar-refractivity contribution in [3.8, 4) is 11.3 Å². The summed E-state index contributed by atoms with van der Waals surface area (Å²) in [6.07, 6.45) is 8.61. The molecular weight excluding hydrogens is 715 g/mol. The van der Waals surface area contributed by atoms with Gasteiger partial charge in [-0.25, -0.2) is 8.42 Å². The van der Waals surface area contributed by atoms with Gasteiger partial charge in [-0.3, -0.25) is 20.1 Å². The van der Waals surface area contributed by atoms with E-state index in [1.54, 1.807) is 55.0 Å². The van der Waals surface area contributed by atoms with Gasteiger partial charge in [0.05, 0.1) is 10.6 Å². The van der Waals surface area contributed by atoms with E-state index in [0.29, 0.717) is 11.3 Å². The Labute approximate surface area is 313 Å². The molecule has 0 atom stereocenters. The van der Waals surface area contributed by atoms with E-state index in [9.17, 15) is 18.5 Å². The second kappa shape index (κ2) is 19.8. The summed E-state index contributed by atoms with van der Waals surface area (Å²) in [5, 5.41) is 11.1. The summed E-state index contributed by atoms with van der Waals surface area (Å²) in [6, 6.07) is 53.7. The van der Waals surface area contributed by atoms with Gasteiger partial charge in [-0.15, -0.1) is 35.0 Å². The van der Waals surface area contributed by atoms with Crippen LogP contribution in [-0.4, -0.2) is 23.3 Å². The van der Waals surface area contributed by atoms with Crippen LogP contribution >= 0.6 is 0 Å². The summed E-state index contributed by atoms with van der Waals surface area (Å²) >= 11 is 0. The summed E-state index contributed by atoms with van der Waals surface area (Å²) in [5.74, 6) is 0. The molecule has 0 unspecified atom stereocenters. The van der Waals surface area contributed by atoms with Crippen LogP contribution in [0, 0.1) is 16.2 Å². The van der Waals surface area contributed by atoms with Gasteiger partial charge in [0.2, 0.25) is 0 Å². The number of hydrogen-bond acceptors (Lipinski definition) is 6. The van der Waals surface area contributed by atoms with Gasteiger partial charge in [-0.05, 0) is 35.9 Å². The van der Waals surface area contributed by atoms with Crippen LogP contribution in [0.15, 0.2) is 199 Å². The zero-order chi connectivity index (χ0) is 35.7. The molecule has 8 nitrogen and oxygen atoms in total. The molecule has 0 fully saturated rings. The van der Waals surface area contributed by atoms with Crippen molar-refractivity contribution in [2.45, 2.75) is 4.90 Å². The first-order valence-corrected chi connectivity index (χ1v) is 17.2. The Hall–Kier alpha value is -6.22. The van der Waals surface area contributed by atoms with Crippen LogP contribution in [0.3, 0.4) is 0 Å². The Bertz CT molecular complexity index is 2190. The third-order valence-electron chi connectivity index (χ3n) is 7.14. The first-order chi connectivity index (χ1) is 24.9. The van der Waals surface area contributed by atoms with Gasteiger partial charge in [0.1, 0.15) is 14.9 Å². The smallest absolute Gasteiger partial charge is 0.572 e. The first-order valence-electron chi connectivity index (χ1n) is 15.8. The van der Waals surface area contributed by atoms with Crippen LogP contribution < -0.4 is 0 Å². The van der Waals surface area contributed by atoms with Crippen LogP contribution in [0.5, 0.6) is 0 Å². The summed E-state index contributed by atoms with van der Waals surface area (Å²) < 4.78 is 29.0. The summed E-state index contributed by atoms with van der Waals surface area (Å²) in [6.45, 7) is 0. The molecule has 52 heavy (non-hydrogen) atoms. The normalized spacial score (nSPS) is 10.1. The maximum Gasteiger partial charge on any atom is 2.00 e. The molecule has 2 aromatic heterocycles. The third-order valence-corrected chi connectivity index (χ3v) is 8.48. The predicted octanol–water partition coefficient (Wildman–Crippen LogP) is 10.1. The number of nitro benzene ring substituents is 1. The standard InChI is InChI=1S/C20H15.C17H12N3O4S.C5H5N.Ni/c1-4-10-17(11-5-1)16-20(18-12-6-2-7-13-18)19-14-8-3-9-15-19;21-20(22)16-10-3-4-11-17(16)25(23,24)19-15-9-2-1-7-13(15)14-8-5-6-12-18-14;1-2-4-6-5-3-1;/h1-15H;1-12H;1-5H;/q2*-1;;+2. The molecular formula is C42H32N4NiO4S. The molecule has 0 aliphatic carbocycles. The average molecular weight is 748 g/mol. The molecule has 0 spiro atoms. The van der Waals surface area contributed by atoms with E-state index in [-0.39, 0.29) is 22.2 Å². The number of rotatable bonds is 8. The van der Waals surface area contributed by atoms with Gasteiger partial charge in [-0.1, -0.05) is 139 Å². The summed E-state index contributed by atoms with van der Waals surface area (Å²) in [4.78, 5) is 17.9. The number of benzene rings is 5. The van der Waals surface area contributed by atoms with E-state index in [1.807, 2.05) is 48.5 Å². The maximum absolute atomic E-state index is 12.6. The molecule has 10 heteroatoms. The molecule has 0 amide bonds. The number of hydrogen-bond donors (Lipinski definition) is 0. The van der Waals surface area contributed by atoms with Crippen molar-refractivity contribution in [2.24, 2.45) is 0 Å². The van der Waals surface area contributed by atoms with Crippen LogP contribution in [0.1, 0.15) is 16.7 Å². The molecule has 0 saturated heterocycles. The first kappa shape index (κ1) is 38.6. The zero-order valence-corrected chi connectivity index (χ0v) is 29.4. The number of nitro groups is 1. The topological polar surface area (TPSA) is 117 Å². The van der Waals surface area contributed by atoms with Crippen LogP contribution in [0.25, 0.3) is 21.6 Å². The molecule has 7 rings (SSSR count). The minimum Gasteiger partial charge on any atom is -0.572 e. The van der Waals surface area contributed by atoms with Crippen molar-refractivity contribution in [2.75, 3.05) is 0 Å². The number of nitrogens with zero attached hydrogens (tertiary/aromatic N) is 4. The number of pyridine rings is 2. The number of aromatic nitrogens is 2. The summed E-state index contributed by atoms with van der Waals surface area (Å²) in [7, 11) is -4.26. The van der Waals surface area contributed by atoms with E-state index in [1.165, 1.54) is 35.4 Å². The van der Waals surface area contributed by atoms with Crippen molar-refractivity contribution in [3.05, 3.63) is 232 Å². The second-order valence-corrected chi connectivity index (χ2v) is 12.2. The fraction of sp³-hybridized carbons (Fsp3) is 0. The van der Waals surface area contributed by atoms with Crippen molar-refractivity contribution < 1.29 is 29.8 Å². The quantitative estimate of drug-likeness (QED) is 0.0502. The Morgan fingerprint density at radius 3 is 1.63 bits per heavy atom. The van der Waals surface area contributed by atoms with Gasteiger partial charge in [0.15, 0.2) is 0 Å². The van der Waals surface area contributed by atoms with Gasteiger partial charge in [0.25, 0.3) is 5.69 Å². The molecule has 0 aliphatic heterocycles. The fourth-order valence-corrected chi connectivity index (χ4v) is 5.97. The van der Waals surface area contributed by atoms with E-state index < -0.39 is 25.5 Å². The molecule has 5 aromatic carbocycles. The molecule has 0 radical (unpaired) electrons. The second-order valence-electron chi connectivity index (χ2n) is 10.6. The van der Waals surface area contributed by atoms with Crippen molar-refractivity contribution >= 4 is 27.0 Å². The predicted molar refractivity (Wildman–Crippen MR) is 201 cm³/mol. The number of sulfonamides is 1. The SMILES string of the molecule is O=[N+]([O-])c1ccccc1S(=O)(=O)[N-]c1ccccc1-c1ccccn1.[C-](=C(c1ccccc1)c1ccccc1)c1ccccc1.[Ni+2].c1ccncc1. The van der Waals surface area contributed by atoms with Crippen LogP contribution in [0.4, 0.5) is 11.4 Å². The van der Waals surface area contributed by atoms with Gasteiger partial charge >= 0.3 is 16.5 Å². The third kappa shape index (κ3) is 11.1. The summed E-state index contributed by atoms with van der Waals surface area (Å²) in [5.41, 5.74) is 5.31. The molecule has 7 aromatic rings. The van der Waals surface area contributed by atoms with Crippen molar-refractivity contribution in [1.29, 1.82) is 0 Å². The van der Waals surface area contributed by atoms with E-state index in [0.717, 1.165) is 17.2 Å². The van der Waals surface area contributed by atoms with E-state index >= 15 is 0 Å². The van der Waals surface area contributed by atoms with Gasteiger partial charge < -0.3 is 4.72 Å². The van der Waals surface area contributed by atoms with Crippen molar-refractivity contribution in [1.82, 2.24) is 9.97 Å². The van der Waals surface area contributed by atoms with Gasteiger partial charge in [-0.2, -0.15) is 0 Å². The minimum absolute atomic E-state index is 0. The van der Waals surface area contributed by atoms with Crippen LogP contribution in [-0.2, 0) is 26.5 Å². The fourth-order valence-electron chi connectivity index (χ4n) is 4.80. The monoisotopic (exact) mass is 746 g/mol. The van der Waals surface area contributed by atoms with E-state index in [2.05, 4.69) is 81.4 Å². The number of para-hydroxylation sites is 1. The Balaban J connectivity index is 0.000000200. The average Bonchev–Trinajstić information content (AvgIpc) is 3.19. The molecule has 260 valence electrons. The molecule has 2 heterocycles. The maximum atomic E-state index is 12.6.